The van der Waals surface area contributed by atoms with Crippen LogP contribution >= 0.6 is 7.82 Å². The number of hydrogen-bond donors (Lipinski definition) is 1. The summed E-state index contributed by atoms with van der Waals surface area (Å²) in [6, 6.07) is 0. The Morgan fingerprint density at radius 1 is 0.421 bits per heavy atom. The molecule has 0 aromatic carbocycles. The van der Waals surface area contributed by atoms with E-state index in [-0.39, 0.29) is 32.0 Å². The highest BCUT2D eigenvalue weighted by Gasteiger charge is 2.27. The van der Waals surface area contributed by atoms with Crippen molar-refractivity contribution < 1.29 is 42.1 Å². The van der Waals surface area contributed by atoms with Crippen molar-refractivity contribution in [3.05, 3.63) is 97.2 Å². The van der Waals surface area contributed by atoms with Crippen LogP contribution in [0.1, 0.15) is 258 Å². The largest absolute Gasteiger partial charge is 0.472 e. The number of unbranched alkanes of at least 4 members (excludes halogenated alkanes) is 26. The Balaban J connectivity index is 4.22. The van der Waals surface area contributed by atoms with Crippen molar-refractivity contribution >= 4 is 19.8 Å². The fourth-order valence-corrected chi connectivity index (χ4v) is 9.13. The molecule has 9 nitrogen and oxygen atoms in total. The number of likely N-dealkylation sites (N-methyl/N-ethyl adjacent to an activating group) is 1. The molecule has 1 N–H and O–H groups in total. The van der Waals surface area contributed by atoms with E-state index < -0.39 is 26.5 Å². The van der Waals surface area contributed by atoms with Gasteiger partial charge in [-0.25, -0.2) is 4.57 Å². The fraction of sp³-hybridized carbons (Fsp3) is 0.727. The molecule has 0 aromatic heterocycles. The first kappa shape index (κ1) is 72.9. The summed E-state index contributed by atoms with van der Waals surface area (Å²) in [4.78, 5) is 35.7. The average Bonchev–Trinajstić information content (AvgIpc) is 3.38. The van der Waals surface area contributed by atoms with Crippen LogP contribution < -0.4 is 0 Å². The zero-order valence-corrected chi connectivity index (χ0v) is 50.6. The third-order valence-corrected chi connectivity index (χ3v) is 14.1. The molecule has 10 heteroatoms. The summed E-state index contributed by atoms with van der Waals surface area (Å²) in [6.45, 7) is 4.31. The Morgan fingerprint density at radius 2 is 0.750 bits per heavy atom. The Morgan fingerprint density at radius 3 is 1.12 bits per heavy atom. The second kappa shape index (κ2) is 56.6. The lowest BCUT2D eigenvalue weighted by Crippen LogP contribution is -2.37. The van der Waals surface area contributed by atoms with E-state index in [2.05, 4.69) is 111 Å². The van der Waals surface area contributed by atoms with E-state index in [4.69, 9.17) is 18.5 Å². The van der Waals surface area contributed by atoms with Crippen LogP contribution in [0.4, 0.5) is 0 Å². The number of ether oxygens (including phenoxy) is 2. The van der Waals surface area contributed by atoms with Crippen molar-refractivity contribution in [1.29, 1.82) is 0 Å². The molecule has 0 aliphatic carbocycles. The van der Waals surface area contributed by atoms with E-state index in [0.717, 1.165) is 96.3 Å². The van der Waals surface area contributed by atoms with Gasteiger partial charge in [0.25, 0.3) is 0 Å². The predicted molar refractivity (Wildman–Crippen MR) is 325 cm³/mol. The summed E-state index contributed by atoms with van der Waals surface area (Å²) in [5.41, 5.74) is 0. The van der Waals surface area contributed by atoms with Gasteiger partial charge in [0.2, 0.25) is 0 Å². The zero-order chi connectivity index (χ0) is 55.6. The number of carbonyl (C=O) groups excluding carboxylic acids is 2. The summed E-state index contributed by atoms with van der Waals surface area (Å²) in [5.74, 6) is -0.823. The molecule has 0 aliphatic heterocycles. The molecular weight excluding hydrogens is 966 g/mol. The van der Waals surface area contributed by atoms with Crippen LogP contribution in [0.5, 0.6) is 0 Å². The van der Waals surface area contributed by atoms with E-state index in [0.29, 0.717) is 17.4 Å². The first-order chi connectivity index (χ1) is 37.0. The van der Waals surface area contributed by atoms with Gasteiger partial charge in [-0.05, 0) is 77.0 Å². The molecule has 0 rings (SSSR count). The highest BCUT2D eigenvalue weighted by atomic mass is 31.2. The first-order valence-corrected chi connectivity index (χ1v) is 32.5. The number of allylic oxidation sites excluding steroid dienone is 16. The molecule has 0 spiro atoms. The van der Waals surface area contributed by atoms with Crippen LogP contribution in [0, 0.1) is 0 Å². The summed E-state index contributed by atoms with van der Waals surface area (Å²) in [5, 5.41) is 0. The predicted octanol–water partition coefficient (Wildman–Crippen LogP) is 19.6. The monoisotopic (exact) mass is 1080 g/mol. The molecule has 0 aliphatic rings. The zero-order valence-electron chi connectivity index (χ0n) is 49.7. The van der Waals surface area contributed by atoms with Gasteiger partial charge in [-0.2, -0.15) is 0 Å². The maximum Gasteiger partial charge on any atom is 0.472 e. The van der Waals surface area contributed by atoms with Gasteiger partial charge in [-0.15, -0.1) is 0 Å². The van der Waals surface area contributed by atoms with Crippen LogP contribution in [-0.2, 0) is 32.7 Å². The summed E-state index contributed by atoms with van der Waals surface area (Å²) < 4.78 is 34.6. The van der Waals surface area contributed by atoms with Crippen molar-refractivity contribution in [2.45, 2.75) is 264 Å². The lowest BCUT2D eigenvalue weighted by Gasteiger charge is -2.24. The molecule has 0 saturated carbocycles. The van der Waals surface area contributed by atoms with Crippen LogP contribution in [0.2, 0.25) is 0 Å². The normalized spacial score (nSPS) is 13.9. The van der Waals surface area contributed by atoms with Crippen molar-refractivity contribution in [2.24, 2.45) is 0 Å². The van der Waals surface area contributed by atoms with Crippen LogP contribution in [0.25, 0.3) is 0 Å². The minimum Gasteiger partial charge on any atom is -0.462 e. The number of rotatable bonds is 56. The highest BCUT2D eigenvalue weighted by molar-refractivity contribution is 7.47. The minimum absolute atomic E-state index is 0.0227. The van der Waals surface area contributed by atoms with E-state index in [1.54, 1.807) is 0 Å². The van der Waals surface area contributed by atoms with Gasteiger partial charge >= 0.3 is 19.8 Å². The highest BCUT2D eigenvalue weighted by Crippen LogP contribution is 2.43. The molecule has 0 heterocycles. The van der Waals surface area contributed by atoms with Crippen LogP contribution in [0.15, 0.2) is 97.2 Å². The van der Waals surface area contributed by atoms with Crippen molar-refractivity contribution in [3.63, 3.8) is 0 Å². The maximum absolute atomic E-state index is 12.8. The lowest BCUT2D eigenvalue weighted by molar-refractivity contribution is -0.870. The molecule has 0 bridgehead atoms. The Bertz CT molecular complexity index is 1600. The third kappa shape index (κ3) is 60.2. The number of phosphoric acid groups is 1. The number of quaternary nitrogens is 1. The SMILES string of the molecule is CC/C=C\C/C=C\C/C=C\C/C=C\C/C=C\C/C=C\C/C=C\C/C=C\CCCCCCC(=O)OC(COC(=O)CCCCCCCCCCCCCCCCCCCCCCCCC)COP(=O)(O)OCC[N+](C)(C)C. The van der Waals surface area contributed by atoms with Gasteiger partial charge in [0.05, 0.1) is 27.7 Å². The Hall–Kier alpha value is -3.07. The summed E-state index contributed by atoms with van der Waals surface area (Å²) >= 11 is 0. The standard InChI is InChI=1S/C66H116NO8P/c1-6-8-10-12-14-16-18-20-22-24-26-28-30-31-32-33-34-35-37-39-41-43-45-47-49-51-53-55-57-59-66(69)75-64(63-74-76(70,71)73-61-60-67(3,4)5)62-72-65(68)58-56-54-52-50-48-46-44-42-40-38-36-29-27-25-23-21-19-17-15-13-11-9-7-2/h8,10,14,16,20,22,26,28,31-32,34-35,39,41,45,47,64H,6-7,9,11-13,15,17-19,21,23-25,27,29-30,33,36-38,40,42-44,46,48-63H2,1-5H3/p+1/b10-8-,16-14-,22-20-,28-26-,32-31-,35-34-,41-39-,47-45-. The minimum atomic E-state index is -4.40. The molecule has 438 valence electrons. The van der Waals surface area contributed by atoms with E-state index in [1.165, 1.54) is 128 Å². The van der Waals surface area contributed by atoms with Gasteiger partial charge < -0.3 is 18.9 Å². The average molecular weight is 1080 g/mol. The molecule has 2 unspecified atom stereocenters. The summed E-state index contributed by atoms with van der Waals surface area (Å²) in [6.07, 6.45) is 77.7. The maximum atomic E-state index is 12.8. The second-order valence-electron chi connectivity index (χ2n) is 21.7. The van der Waals surface area contributed by atoms with E-state index in [1.807, 2.05) is 21.1 Å². The van der Waals surface area contributed by atoms with E-state index >= 15 is 0 Å². The van der Waals surface area contributed by atoms with Gasteiger partial charge in [0.15, 0.2) is 6.10 Å². The first-order valence-electron chi connectivity index (χ1n) is 31.0. The number of esters is 2. The van der Waals surface area contributed by atoms with Gasteiger partial charge in [0, 0.05) is 12.8 Å². The molecule has 0 radical (unpaired) electrons. The quantitative estimate of drug-likeness (QED) is 0.0211. The molecule has 0 fully saturated rings. The molecule has 76 heavy (non-hydrogen) atoms. The van der Waals surface area contributed by atoms with Gasteiger partial charge in [0.1, 0.15) is 19.8 Å². The van der Waals surface area contributed by atoms with Crippen molar-refractivity contribution in [1.82, 2.24) is 0 Å². The van der Waals surface area contributed by atoms with Crippen molar-refractivity contribution in [3.8, 4) is 0 Å². The van der Waals surface area contributed by atoms with Crippen LogP contribution in [0.3, 0.4) is 0 Å². The number of carbonyl (C=O) groups is 2. The fourth-order valence-electron chi connectivity index (χ4n) is 8.39. The number of hydrogen-bond acceptors (Lipinski definition) is 7. The molecule has 0 saturated heterocycles. The molecule has 0 aromatic rings. The smallest absolute Gasteiger partial charge is 0.462 e. The second-order valence-corrected chi connectivity index (χ2v) is 23.2. The topological polar surface area (TPSA) is 108 Å². The molecular formula is C66H117NO8P+. The van der Waals surface area contributed by atoms with E-state index in [9.17, 15) is 19.0 Å². The Labute approximate surface area is 468 Å². The third-order valence-electron chi connectivity index (χ3n) is 13.1. The van der Waals surface area contributed by atoms with Crippen LogP contribution in [-0.4, -0.2) is 74.9 Å². The molecule has 2 atom stereocenters. The van der Waals surface area contributed by atoms with Crippen molar-refractivity contribution in [2.75, 3.05) is 47.5 Å². The van der Waals surface area contributed by atoms with Gasteiger partial charge in [-0.1, -0.05) is 265 Å². The number of phosphoric ester groups is 1. The van der Waals surface area contributed by atoms with Gasteiger partial charge in [-0.3, -0.25) is 18.6 Å². The Kier molecular flexibility index (Phi) is 54.4. The lowest BCUT2D eigenvalue weighted by atomic mass is 10.0. The summed E-state index contributed by atoms with van der Waals surface area (Å²) in [7, 11) is 1.45. The molecule has 0 amide bonds. The number of nitrogens with zero attached hydrogens (tertiary/aromatic N) is 1.